The molecule has 3 heteroatoms. The summed E-state index contributed by atoms with van der Waals surface area (Å²) in [5.74, 6) is 0. The molecule has 17 heavy (non-hydrogen) atoms. The molecule has 0 aliphatic carbocycles. The molecule has 2 heterocycles. The summed E-state index contributed by atoms with van der Waals surface area (Å²) in [7, 11) is 0. The molecule has 1 aliphatic rings. The minimum absolute atomic E-state index is 0.313. The van der Waals surface area contributed by atoms with Crippen molar-refractivity contribution in [1.29, 1.82) is 0 Å². The van der Waals surface area contributed by atoms with Gasteiger partial charge in [-0.05, 0) is 37.9 Å². The van der Waals surface area contributed by atoms with Crippen LogP contribution >= 0.6 is 11.3 Å². The summed E-state index contributed by atoms with van der Waals surface area (Å²) < 4.78 is 1.31. The Labute approximate surface area is 106 Å². The highest BCUT2D eigenvalue weighted by Gasteiger charge is 2.32. The molecule has 1 aromatic carbocycles. The normalized spacial score (nSPS) is 24.5. The number of hydrogen-bond acceptors (Lipinski definition) is 3. The van der Waals surface area contributed by atoms with Gasteiger partial charge >= 0.3 is 0 Å². The summed E-state index contributed by atoms with van der Waals surface area (Å²) in [4.78, 5) is 4.75. The van der Waals surface area contributed by atoms with Crippen LogP contribution in [-0.4, -0.2) is 17.1 Å². The van der Waals surface area contributed by atoms with Crippen molar-refractivity contribution in [2.75, 3.05) is 6.54 Å². The van der Waals surface area contributed by atoms with Gasteiger partial charge in [0, 0.05) is 12.0 Å². The summed E-state index contributed by atoms with van der Waals surface area (Å²) in [5.41, 5.74) is 1.46. The highest BCUT2D eigenvalue weighted by molar-refractivity contribution is 7.18. The van der Waals surface area contributed by atoms with Crippen LogP contribution in [0.15, 0.2) is 24.3 Å². The van der Waals surface area contributed by atoms with Crippen molar-refractivity contribution in [2.45, 2.75) is 38.1 Å². The van der Waals surface area contributed by atoms with E-state index in [2.05, 4.69) is 36.5 Å². The van der Waals surface area contributed by atoms with Crippen LogP contribution in [0.2, 0.25) is 0 Å². The van der Waals surface area contributed by atoms with Crippen molar-refractivity contribution >= 4 is 21.6 Å². The lowest BCUT2D eigenvalue weighted by Gasteiger charge is -2.26. The van der Waals surface area contributed by atoms with E-state index in [0.717, 1.165) is 11.9 Å². The van der Waals surface area contributed by atoms with Gasteiger partial charge < -0.3 is 5.32 Å². The molecule has 1 aromatic heterocycles. The van der Waals surface area contributed by atoms with Gasteiger partial charge in [-0.25, -0.2) is 4.98 Å². The molecule has 0 bridgehead atoms. The molecule has 2 aromatic rings. The molecule has 1 saturated heterocycles. The predicted molar refractivity (Wildman–Crippen MR) is 73.6 cm³/mol. The van der Waals surface area contributed by atoms with Crippen LogP contribution < -0.4 is 5.32 Å². The molecule has 90 valence electrons. The van der Waals surface area contributed by atoms with Crippen molar-refractivity contribution in [3.8, 4) is 0 Å². The zero-order chi connectivity index (χ0) is 11.7. The first-order valence-corrected chi connectivity index (χ1v) is 7.22. The molecule has 3 rings (SSSR count). The first-order chi connectivity index (χ1) is 8.31. The second-order valence-corrected chi connectivity index (χ2v) is 6.03. The van der Waals surface area contributed by atoms with E-state index in [0.29, 0.717) is 5.54 Å². The number of nitrogens with one attached hydrogen (secondary N) is 1. The largest absolute Gasteiger partial charge is 0.311 e. The van der Waals surface area contributed by atoms with Crippen LogP contribution in [0.25, 0.3) is 10.2 Å². The number of fused-ring (bicyclic) bond motifs is 1. The molecule has 0 amide bonds. The van der Waals surface area contributed by atoms with E-state index < -0.39 is 0 Å². The van der Waals surface area contributed by atoms with Gasteiger partial charge in [-0.3, -0.25) is 0 Å². The van der Waals surface area contributed by atoms with Gasteiger partial charge in [0.05, 0.1) is 15.2 Å². The lowest BCUT2D eigenvalue weighted by atomic mass is 9.91. The number of hydrogen-bond donors (Lipinski definition) is 1. The van der Waals surface area contributed by atoms with E-state index in [1.807, 2.05) is 11.3 Å². The fourth-order valence-electron chi connectivity index (χ4n) is 2.73. The fraction of sp³-hybridized carbons (Fsp3) is 0.500. The summed E-state index contributed by atoms with van der Waals surface area (Å²) >= 11 is 1.85. The maximum absolute atomic E-state index is 4.75. The van der Waals surface area contributed by atoms with Gasteiger partial charge in [-0.2, -0.15) is 0 Å². The quantitative estimate of drug-likeness (QED) is 0.898. The van der Waals surface area contributed by atoms with Gasteiger partial charge in [0.25, 0.3) is 0 Å². The molecular weight excluding hydrogens is 228 g/mol. The van der Waals surface area contributed by atoms with E-state index in [1.165, 1.54) is 35.5 Å². The third-order valence-corrected chi connectivity index (χ3v) is 4.87. The van der Waals surface area contributed by atoms with Crippen molar-refractivity contribution in [3.63, 3.8) is 0 Å². The fourth-order valence-corrected chi connectivity index (χ4v) is 3.84. The maximum Gasteiger partial charge on any atom is 0.0956 e. The number of benzene rings is 1. The molecule has 0 spiro atoms. The van der Waals surface area contributed by atoms with Crippen molar-refractivity contribution in [2.24, 2.45) is 0 Å². The average Bonchev–Trinajstić information content (AvgIpc) is 2.95. The zero-order valence-electron chi connectivity index (χ0n) is 10.2. The van der Waals surface area contributed by atoms with Crippen LogP contribution in [0, 0.1) is 0 Å². The topological polar surface area (TPSA) is 24.9 Å². The van der Waals surface area contributed by atoms with Crippen molar-refractivity contribution in [3.05, 3.63) is 29.3 Å². The van der Waals surface area contributed by atoms with Crippen LogP contribution in [0.1, 0.15) is 31.2 Å². The summed E-state index contributed by atoms with van der Waals surface area (Å²) in [6, 6.07) is 8.43. The van der Waals surface area contributed by atoms with Crippen LogP contribution in [0.5, 0.6) is 0 Å². The average molecular weight is 246 g/mol. The predicted octanol–water partition coefficient (Wildman–Crippen LogP) is 3.37. The summed E-state index contributed by atoms with van der Waals surface area (Å²) in [6.45, 7) is 3.45. The van der Waals surface area contributed by atoms with Crippen LogP contribution in [0.4, 0.5) is 0 Å². The van der Waals surface area contributed by atoms with E-state index in [9.17, 15) is 0 Å². The monoisotopic (exact) mass is 246 g/mol. The van der Waals surface area contributed by atoms with E-state index in [-0.39, 0.29) is 0 Å². The van der Waals surface area contributed by atoms with Crippen molar-refractivity contribution in [1.82, 2.24) is 10.3 Å². The van der Waals surface area contributed by atoms with Crippen molar-refractivity contribution < 1.29 is 0 Å². The van der Waals surface area contributed by atoms with E-state index >= 15 is 0 Å². The van der Waals surface area contributed by atoms with E-state index in [4.69, 9.17) is 4.98 Å². The van der Waals surface area contributed by atoms with E-state index in [1.54, 1.807) is 0 Å². The number of nitrogens with zero attached hydrogens (tertiary/aromatic N) is 1. The van der Waals surface area contributed by atoms with Gasteiger partial charge in [0.2, 0.25) is 0 Å². The Bertz CT molecular complexity index is 479. The van der Waals surface area contributed by atoms with Crippen LogP contribution in [-0.2, 0) is 6.42 Å². The Hall–Kier alpha value is -0.930. The Morgan fingerprint density at radius 1 is 1.41 bits per heavy atom. The number of thiazole rings is 1. The minimum atomic E-state index is 0.313. The second-order valence-electron chi connectivity index (χ2n) is 4.92. The SMILES string of the molecule is CCC1(Cc2nc3ccccc3s2)CCCN1. The van der Waals surface area contributed by atoms with Gasteiger partial charge in [-0.15, -0.1) is 11.3 Å². The molecule has 1 atom stereocenters. The smallest absolute Gasteiger partial charge is 0.0956 e. The third kappa shape index (κ3) is 2.09. The second kappa shape index (κ2) is 4.39. The van der Waals surface area contributed by atoms with Crippen LogP contribution in [0.3, 0.4) is 0 Å². The zero-order valence-corrected chi connectivity index (χ0v) is 11.0. The molecule has 0 saturated carbocycles. The first-order valence-electron chi connectivity index (χ1n) is 6.41. The van der Waals surface area contributed by atoms with Gasteiger partial charge in [0.1, 0.15) is 0 Å². The number of para-hydroxylation sites is 1. The standard InChI is InChI=1S/C14H18N2S/c1-2-14(8-5-9-15-14)10-13-16-11-6-3-4-7-12(11)17-13/h3-4,6-7,15H,2,5,8-10H2,1H3. The molecule has 1 aliphatic heterocycles. The highest BCUT2D eigenvalue weighted by atomic mass is 32.1. The maximum atomic E-state index is 4.75. The Balaban J connectivity index is 1.89. The Kier molecular flexibility index (Phi) is 2.89. The summed E-state index contributed by atoms with van der Waals surface area (Å²) in [5, 5.41) is 4.96. The third-order valence-electron chi connectivity index (χ3n) is 3.84. The molecule has 0 radical (unpaired) electrons. The Morgan fingerprint density at radius 2 is 2.29 bits per heavy atom. The summed E-state index contributed by atoms with van der Waals surface area (Å²) in [6.07, 6.45) is 4.88. The van der Waals surface area contributed by atoms with Gasteiger partial charge in [-0.1, -0.05) is 19.1 Å². The minimum Gasteiger partial charge on any atom is -0.311 e. The highest BCUT2D eigenvalue weighted by Crippen LogP contribution is 2.30. The first kappa shape index (κ1) is 11.2. The number of rotatable bonds is 3. The molecule has 2 nitrogen and oxygen atoms in total. The molecule has 1 unspecified atom stereocenters. The lowest BCUT2D eigenvalue weighted by molar-refractivity contribution is 0.359. The number of aromatic nitrogens is 1. The molecule has 1 N–H and O–H groups in total. The Morgan fingerprint density at radius 3 is 3.00 bits per heavy atom. The van der Waals surface area contributed by atoms with Gasteiger partial charge in [0.15, 0.2) is 0 Å². The molecule has 1 fully saturated rings. The lowest BCUT2D eigenvalue weighted by Crippen LogP contribution is -2.41. The molecular formula is C14H18N2S.